The van der Waals surface area contributed by atoms with E-state index >= 15 is 0 Å². The molecule has 0 saturated carbocycles. The van der Waals surface area contributed by atoms with Crippen molar-refractivity contribution in [2.75, 3.05) is 4.90 Å². The van der Waals surface area contributed by atoms with E-state index in [1.807, 2.05) is 37.3 Å². The van der Waals surface area contributed by atoms with Gasteiger partial charge in [-0.15, -0.1) is 11.3 Å². The lowest BCUT2D eigenvalue weighted by Gasteiger charge is -2.27. The molecule has 1 aliphatic heterocycles. The number of fused-ring (bicyclic) bond motifs is 1. The summed E-state index contributed by atoms with van der Waals surface area (Å²) in [5.74, 6) is -1.91. The zero-order chi connectivity index (χ0) is 22.1. The highest BCUT2D eigenvalue weighted by atomic mass is 35.5. The third-order valence-corrected chi connectivity index (χ3v) is 6.27. The Hall–Kier alpha value is -3.16. The summed E-state index contributed by atoms with van der Waals surface area (Å²) in [6.45, 7) is 1.93. The number of anilines is 1. The summed E-state index contributed by atoms with van der Waals surface area (Å²) < 4.78 is 5.99. The van der Waals surface area contributed by atoms with Crippen LogP contribution in [0, 0.1) is 0 Å². The van der Waals surface area contributed by atoms with E-state index in [1.165, 1.54) is 6.07 Å². The molecule has 31 heavy (non-hydrogen) atoms. The average molecular weight is 456 g/mol. The first-order valence-corrected chi connectivity index (χ1v) is 10.8. The SMILES string of the molecule is CC(Cc1ccccc1)Oc1ccc(Cl)c(N2C(=O)Cc3csc(C(=O)O)c3C2=O)c1. The number of aromatic carboxylic acids is 1. The van der Waals surface area contributed by atoms with Crippen molar-refractivity contribution in [3.8, 4) is 5.75 Å². The number of halogens is 1. The molecule has 2 aromatic carbocycles. The zero-order valence-electron chi connectivity index (χ0n) is 16.5. The summed E-state index contributed by atoms with van der Waals surface area (Å²) in [4.78, 5) is 38.2. The first kappa shape index (κ1) is 21.1. The molecule has 158 valence electrons. The molecule has 2 heterocycles. The number of rotatable bonds is 6. The molecule has 0 saturated heterocycles. The molecule has 0 fully saturated rings. The van der Waals surface area contributed by atoms with Crippen LogP contribution in [0.4, 0.5) is 5.69 Å². The fraction of sp³-hybridized carbons (Fsp3) is 0.174. The van der Waals surface area contributed by atoms with Crippen LogP contribution in [0.2, 0.25) is 5.02 Å². The molecule has 0 aliphatic carbocycles. The molecular weight excluding hydrogens is 438 g/mol. The third-order valence-electron chi connectivity index (χ3n) is 4.93. The summed E-state index contributed by atoms with van der Waals surface area (Å²) in [5.41, 5.74) is 1.76. The smallest absolute Gasteiger partial charge is 0.346 e. The lowest BCUT2D eigenvalue weighted by atomic mass is 10.0. The quantitative estimate of drug-likeness (QED) is 0.538. The van der Waals surface area contributed by atoms with Crippen LogP contribution < -0.4 is 9.64 Å². The van der Waals surface area contributed by atoms with Gasteiger partial charge in [-0.2, -0.15) is 0 Å². The van der Waals surface area contributed by atoms with Gasteiger partial charge in [0, 0.05) is 12.5 Å². The second kappa shape index (κ2) is 8.53. The van der Waals surface area contributed by atoms with Crippen LogP contribution in [-0.2, 0) is 17.6 Å². The highest BCUT2D eigenvalue weighted by Gasteiger charge is 2.37. The first-order chi connectivity index (χ1) is 14.8. The zero-order valence-corrected chi connectivity index (χ0v) is 18.1. The maximum Gasteiger partial charge on any atom is 0.346 e. The fourth-order valence-corrected chi connectivity index (χ4v) is 4.68. The first-order valence-electron chi connectivity index (χ1n) is 9.56. The van der Waals surface area contributed by atoms with Crippen LogP contribution >= 0.6 is 22.9 Å². The number of carbonyl (C=O) groups excluding carboxylic acids is 2. The largest absolute Gasteiger partial charge is 0.490 e. The Morgan fingerprint density at radius 3 is 2.68 bits per heavy atom. The Morgan fingerprint density at radius 1 is 1.23 bits per heavy atom. The van der Waals surface area contributed by atoms with Crippen molar-refractivity contribution in [1.29, 1.82) is 0 Å². The van der Waals surface area contributed by atoms with E-state index in [1.54, 1.807) is 17.5 Å². The topological polar surface area (TPSA) is 83.9 Å². The van der Waals surface area contributed by atoms with Crippen LogP contribution in [0.3, 0.4) is 0 Å². The number of ether oxygens (including phenoxy) is 1. The van der Waals surface area contributed by atoms with Gasteiger partial charge in [0.05, 0.1) is 28.8 Å². The second-order valence-corrected chi connectivity index (χ2v) is 8.50. The number of benzene rings is 2. The van der Waals surface area contributed by atoms with Gasteiger partial charge >= 0.3 is 5.97 Å². The second-order valence-electron chi connectivity index (χ2n) is 7.21. The fourth-order valence-electron chi connectivity index (χ4n) is 3.58. The average Bonchev–Trinajstić information content (AvgIpc) is 3.15. The van der Waals surface area contributed by atoms with Gasteiger partial charge in [-0.3, -0.25) is 9.59 Å². The molecule has 1 aliphatic rings. The highest BCUT2D eigenvalue weighted by molar-refractivity contribution is 7.12. The summed E-state index contributed by atoms with van der Waals surface area (Å²) in [6, 6.07) is 14.7. The van der Waals surface area contributed by atoms with Crippen LogP contribution in [0.5, 0.6) is 5.75 Å². The number of hydrogen-bond acceptors (Lipinski definition) is 5. The molecule has 0 spiro atoms. The van der Waals surface area contributed by atoms with Crippen molar-refractivity contribution in [3.05, 3.63) is 80.5 Å². The van der Waals surface area contributed by atoms with Gasteiger partial charge < -0.3 is 9.84 Å². The Balaban J connectivity index is 1.62. The van der Waals surface area contributed by atoms with E-state index in [0.29, 0.717) is 17.7 Å². The number of nitrogens with zero attached hydrogens (tertiary/aromatic N) is 1. The molecule has 1 N–H and O–H groups in total. The van der Waals surface area contributed by atoms with Gasteiger partial charge in [-0.25, -0.2) is 9.69 Å². The number of carbonyl (C=O) groups is 3. The summed E-state index contributed by atoms with van der Waals surface area (Å²) in [6.07, 6.45) is 0.448. The predicted octanol–water partition coefficient (Wildman–Crippen LogP) is 4.84. The lowest BCUT2D eigenvalue weighted by molar-refractivity contribution is -0.117. The van der Waals surface area contributed by atoms with E-state index in [2.05, 4.69) is 0 Å². The number of carboxylic acids is 1. The van der Waals surface area contributed by atoms with Crippen molar-refractivity contribution >= 4 is 46.4 Å². The highest BCUT2D eigenvalue weighted by Crippen LogP contribution is 2.36. The molecule has 8 heteroatoms. The Labute approximate surface area is 187 Å². The Bertz CT molecular complexity index is 1170. The molecule has 1 aromatic heterocycles. The number of thiophene rings is 1. The maximum atomic E-state index is 13.1. The van der Waals surface area contributed by atoms with E-state index in [9.17, 15) is 19.5 Å². The minimum atomic E-state index is -1.20. The predicted molar refractivity (Wildman–Crippen MR) is 118 cm³/mol. The van der Waals surface area contributed by atoms with Crippen LogP contribution in [0.15, 0.2) is 53.9 Å². The van der Waals surface area contributed by atoms with Gasteiger partial charge in [0.25, 0.3) is 5.91 Å². The summed E-state index contributed by atoms with van der Waals surface area (Å²) >= 11 is 7.25. The Kier molecular flexibility index (Phi) is 5.80. The van der Waals surface area contributed by atoms with Crippen molar-refractivity contribution in [1.82, 2.24) is 0 Å². The van der Waals surface area contributed by atoms with Gasteiger partial charge in [0.2, 0.25) is 5.91 Å². The van der Waals surface area contributed by atoms with E-state index in [4.69, 9.17) is 16.3 Å². The number of carboxylic acid groups (broad SMARTS) is 1. The molecule has 0 radical (unpaired) electrons. The van der Waals surface area contributed by atoms with Crippen molar-refractivity contribution in [2.24, 2.45) is 0 Å². The normalized spacial score (nSPS) is 14.3. The van der Waals surface area contributed by atoms with Crippen molar-refractivity contribution < 1.29 is 24.2 Å². The van der Waals surface area contributed by atoms with Crippen LogP contribution in [0.1, 0.15) is 38.1 Å². The number of hydrogen-bond donors (Lipinski definition) is 1. The lowest BCUT2D eigenvalue weighted by Crippen LogP contribution is -2.42. The summed E-state index contributed by atoms with van der Waals surface area (Å²) in [7, 11) is 0. The van der Waals surface area contributed by atoms with Gasteiger partial charge in [-0.05, 0) is 35.6 Å². The van der Waals surface area contributed by atoms with Gasteiger partial charge in [0.15, 0.2) is 0 Å². The van der Waals surface area contributed by atoms with E-state index < -0.39 is 17.8 Å². The molecule has 6 nitrogen and oxygen atoms in total. The maximum absolute atomic E-state index is 13.1. The molecule has 3 aromatic rings. The minimum Gasteiger partial charge on any atom is -0.490 e. The Morgan fingerprint density at radius 2 is 1.97 bits per heavy atom. The number of imide groups is 1. The standard InChI is InChI=1S/C23H18ClNO5S/c1-13(9-14-5-3-2-4-6-14)30-16-7-8-17(24)18(11-16)25-19(26)10-15-12-31-21(23(28)29)20(15)22(25)27/h2-8,11-13H,9-10H2,1H3,(H,28,29). The van der Waals surface area contributed by atoms with E-state index in [-0.39, 0.29) is 33.7 Å². The molecule has 0 bridgehead atoms. The third kappa shape index (κ3) is 4.19. The molecular formula is C23H18ClNO5S. The van der Waals surface area contributed by atoms with E-state index in [0.717, 1.165) is 21.8 Å². The molecule has 1 unspecified atom stereocenters. The van der Waals surface area contributed by atoms with Gasteiger partial charge in [-0.1, -0.05) is 41.9 Å². The van der Waals surface area contributed by atoms with Crippen molar-refractivity contribution in [3.63, 3.8) is 0 Å². The molecule has 2 amide bonds. The summed E-state index contributed by atoms with van der Waals surface area (Å²) in [5, 5.41) is 11.1. The molecule has 1 atom stereocenters. The van der Waals surface area contributed by atoms with Crippen LogP contribution in [-0.4, -0.2) is 29.0 Å². The minimum absolute atomic E-state index is 0.0388. The number of amides is 2. The van der Waals surface area contributed by atoms with Gasteiger partial charge in [0.1, 0.15) is 10.6 Å². The van der Waals surface area contributed by atoms with Crippen molar-refractivity contribution in [2.45, 2.75) is 25.9 Å². The van der Waals surface area contributed by atoms with Crippen LogP contribution in [0.25, 0.3) is 0 Å². The molecule has 4 rings (SSSR count). The monoisotopic (exact) mass is 455 g/mol.